The summed E-state index contributed by atoms with van der Waals surface area (Å²) in [7, 11) is 1.45. The van der Waals surface area contributed by atoms with Crippen LogP contribution in [0, 0.1) is 0 Å². The van der Waals surface area contributed by atoms with Gasteiger partial charge < -0.3 is 10.2 Å². The fraction of sp³-hybridized carbons (Fsp3) is 0.286. The lowest BCUT2D eigenvalue weighted by molar-refractivity contribution is -0.138. The van der Waals surface area contributed by atoms with Crippen molar-refractivity contribution in [2.45, 2.75) is 25.2 Å². The zero-order valence-corrected chi connectivity index (χ0v) is 16.4. The second-order valence-electron chi connectivity index (χ2n) is 7.26. The molecular formula is C21H20F3N3O3. The maximum atomic E-state index is 12.9. The van der Waals surface area contributed by atoms with Gasteiger partial charge in [0.05, 0.1) is 5.56 Å². The van der Waals surface area contributed by atoms with Crippen LogP contribution in [0.2, 0.25) is 0 Å². The minimum atomic E-state index is -4.44. The van der Waals surface area contributed by atoms with Crippen LogP contribution >= 0.6 is 0 Å². The first-order valence-corrected chi connectivity index (χ1v) is 9.12. The number of imide groups is 1. The molecule has 0 radical (unpaired) electrons. The van der Waals surface area contributed by atoms with Crippen molar-refractivity contribution in [1.29, 1.82) is 0 Å². The highest BCUT2D eigenvalue weighted by molar-refractivity contribution is 6.09. The second-order valence-corrected chi connectivity index (χ2v) is 7.26. The minimum absolute atomic E-state index is 0.0383. The highest BCUT2D eigenvalue weighted by atomic mass is 19.4. The van der Waals surface area contributed by atoms with Gasteiger partial charge in [0.25, 0.3) is 5.91 Å². The smallest absolute Gasteiger partial charge is 0.340 e. The molecule has 4 amide bonds. The molecule has 2 aromatic rings. The van der Waals surface area contributed by atoms with Gasteiger partial charge in [0.1, 0.15) is 12.1 Å². The highest BCUT2D eigenvalue weighted by Gasteiger charge is 2.49. The standard InChI is InChI=1S/C21H20F3N3O3/c1-20(15-6-4-3-5-7-15)18(29)27(19(30)25-20)13-17(28)26(2)12-14-8-10-16(11-9-14)21(22,23)24/h3-11H,12-13H2,1-2H3,(H,25,30). The van der Waals surface area contributed by atoms with Crippen molar-refractivity contribution in [2.24, 2.45) is 0 Å². The fourth-order valence-electron chi connectivity index (χ4n) is 3.22. The van der Waals surface area contributed by atoms with E-state index in [0.29, 0.717) is 11.1 Å². The Labute approximate surface area is 171 Å². The predicted molar refractivity (Wildman–Crippen MR) is 102 cm³/mol. The van der Waals surface area contributed by atoms with Crippen LogP contribution in [-0.4, -0.2) is 41.2 Å². The van der Waals surface area contributed by atoms with Crippen LogP contribution in [0.3, 0.4) is 0 Å². The summed E-state index contributed by atoms with van der Waals surface area (Å²) in [4.78, 5) is 39.8. The van der Waals surface area contributed by atoms with Gasteiger partial charge >= 0.3 is 12.2 Å². The number of hydrogen-bond donors (Lipinski definition) is 1. The quantitative estimate of drug-likeness (QED) is 0.757. The third-order valence-corrected chi connectivity index (χ3v) is 5.05. The Hall–Kier alpha value is -3.36. The molecule has 1 N–H and O–H groups in total. The molecule has 1 fully saturated rings. The zero-order valence-electron chi connectivity index (χ0n) is 16.4. The number of carbonyl (C=O) groups excluding carboxylic acids is 3. The number of nitrogens with zero attached hydrogens (tertiary/aromatic N) is 2. The van der Waals surface area contributed by atoms with Crippen LogP contribution in [0.15, 0.2) is 54.6 Å². The SMILES string of the molecule is CN(Cc1ccc(C(F)(F)F)cc1)C(=O)CN1C(=O)NC(C)(c2ccccc2)C1=O. The minimum Gasteiger partial charge on any atom is -0.340 e. The number of alkyl halides is 3. The molecule has 1 aliphatic heterocycles. The molecule has 1 saturated heterocycles. The van der Waals surface area contributed by atoms with E-state index in [4.69, 9.17) is 0 Å². The summed E-state index contributed by atoms with van der Waals surface area (Å²) in [5.41, 5.74) is -0.966. The van der Waals surface area contributed by atoms with Gasteiger partial charge in [-0.1, -0.05) is 42.5 Å². The van der Waals surface area contributed by atoms with Gasteiger partial charge in [-0.05, 0) is 30.2 Å². The van der Waals surface area contributed by atoms with E-state index in [1.807, 2.05) is 0 Å². The van der Waals surface area contributed by atoms with E-state index in [2.05, 4.69) is 5.32 Å². The lowest BCUT2D eigenvalue weighted by atomic mass is 9.92. The lowest BCUT2D eigenvalue weighted by Gasteiger charge is -2.23. The Balaban J connectivity index is 1.66. The number of hydrogen-bond acceptors (Lipinski definition) is 3. The van der Waals surface area contributed by atoms with Crippen molar-refractivity contribution in [3.05, 3.63) is 71.3 Å². The number of amides is 4. The van der Waals surface area contributed by atoms with Gasteiger partial charge in [-0.25, -0.2) is 4.79 Å². The van der Waals surface area contributed by atoms with Crippen LogP contribution in [0.4, 0.5) is 18.0 Å². The van der Waals surface area contributed by atoms with Crippen molar-refractivity contribution >= 4 is 17.8 Å². The molecular weight excluding hydrogens is 399 g/mol. The van der Waals surface area contributed by atoms with Gasteiger partial charge in [-0.2, -0.15) is 13.2 Å². The summed E-state index contributed by atoms with van der Waals surface area (Å²) >= 11 is 0. The first kappa shape index (κ1) is 21.4. The Morgan fingerprint density at radius 1 is 1.07 bits per heavy atom. The molecule has 2 aromatic carbocycles. The van der Waals surface area contributed by atoms with Crippen molar-refractivity contribution in [2.75, 3.05) is 13.6 Å². The molecule has 1 atom stereocenters. The van der Waals surface area contributed by atoms with Gasteiger partial charge in [0.15, 0.2) is 0 Å². The molecule has 0 bridgehead atoms. The number of nitrogens with one attached hydrogen (secondary N) is 1. The number of likely N-dealkylation sites (N-methyl/N-ethyl adjacent to an activating group) is 1. The van der Waals surface area contributed by atoms with Gasteiger partial charge in [0.2, 0.25) is 5.91 Å². The van der Waals surface area contributed by atoms with Gasteiger partial charge in [0, 0.05) is 13.6 Å². The monoisotopic (exact) mass is 419 g/mol. The third-order valence-electron chi connectivity index (χ3n) is 5.05. The van der Waals surface area contributed by atoms with Gasteiger partial charge in [-0.15, -0.1) is 0 Å². The number of rotatable bonds is 5. The van der Waals surface area contributed by atoms with Crippen molar-refractivity contribution in [3.63, 3.8) is 0 Å². The van der Waals surface area contributed by atoms with E-state index in [1.165, 1.54) is 24.1 Å². The maximum absolute atomic E-state index is 12.9. The van der Waals surface area contributed by atoms with Crippen molar-refractivity contribution in [1.82, 2.24) is 15.1 Å². The van der Waals surface area contributed by atoms with E-state index >= 15 is 0 Å². The summed E-state index contributed by atoms with van der Waals surface area (Å²) in [6.07, 6.45) is -4.44. The molecule has 1 heterocycles. The topological polar surface area (TPSA) is 69.7 Å². The highest BCUT2D eigenvalue weighted by Crippen LogP contribution is 2.30. The predicted octanol–water partition coefficient (Wildman–Crippen LogP) is 3.13. The normalized spacial score (nSPS) is 19.0. The average molecular weight is 419 g/mol. The Morgan fingerprint density at radius 3 is 2.23 bits per heavy atom. The summed E-state index contributed by atoms with van der Waals surface area (Å²) in [6.45, 7) is 1.14. The first-order valence-electron chi connectivity index (χ1n) is 9.12. The lowest BCUT2D eigenvalue weighted by Crippen LogP contribution is -2.43. The fourth-order valence-corrected chi connectivity index (χ4v) is 3.22. The van der Waals surface area contributed by atoms with Gasteiger partial charge in [-0.3, -0.25) is 14.5 Å². The van der Waals surface area contributed by atoms with Crippen LogP contribution in [0.1, 0.15) is 23.6 Å². The summed E-state index contributed by atoms with van der Waals surface area (Å²) in [6, 6.07) is 12.5. The number of benzene rings is 2. The summed E-state index contributed by atoms with van der Waals surface area (Å²) in [5, 5.41) is 2.62. The maximum Gasteiger partial charge on any atom is 0.416 e. The first-order chi connectivity index (χ1) is 14.0. The molecule has 9 heteroatoms. The largest absolute Gasteiger partial charge is 0.416 e. The summed E-state index contributed by atoms with van der Waals surface area (Å²) in [5.74, 6) is -1.06. The molecule has 0 aliphatic carbocycles. The Bertz CT molecular complexity index is 961. The number of urea groups is 1. The zero-order chi connectivity index (χ0) is 22.1. The van der Waals surface area contributed by atoms with E-state index in [9.17, 15) is 27.6 Å². The molecule has 6 nitrogen and oxygen atoms in total. The molecule has 3 rings (SSSR count). The molecule has 1 aliphatic rings. The van der Waals surface area contributed by atoms with Crippen molar-refractivity contribution in [3.8, 4) is 0 Å². The molecule has 0 aromatic heterocycles. The summed E-state index contributed by atoms with van der Waals surface area (Å²) < 4.78 is 38.0. The molecule has 158 valence electrons. The van der Waals surface area contributed by atoms with Crippen LogP contribution in [0.25, 0.3) is 0 Å². The second kappa shape index (κ2) is 7.81. The van der Waals surface area contributed by atoms with E-state index in [-0.39, 0.29) is 6.54 Å². The van der Waals surface area contributed by atoms with E-state index in [0.717, 1.165) is 17.0 Å². The van der Waals surface area contributed by atoms with Crippen molar-refractivity contribution < 1.29 is 27.6 Å². The van der Waals surface area contributed by atoms with Crippen LogP contribution in [0.5, 0.6) is 0 Å². The Morgan fingerprint density at radius 2 is 1.67 bits per heavy atom. The molecule has 30 heavy (non-hydrogen) atoms. The van der Waals surface area contributed by atoms with E-state index in [1.54, 1.807) is 37.3 Å². The number of carbonyl (C=O) groups is 3. The number of halogens is 3. The Kier molecular flexibility index (Phi) is 5.56. The molecule has 0 saturated carbocycles. The molecule has 1 unspecified atom stereocenters. The van der Waals surface area contributed by atoms with E-state index < -0.39 is 41.7 Å². The molecule has 0 spiro atoms. The van der Waals surface area contributed by atoms with Crippen LogP contribution < -0.4 is 5.32 Å². The average Bonchev–Trinajstić information content (AvgIpc) is 2.92. The van der Waals surface area contributed by atoms with Crippen LogP contribution in [-0.2, 0) is 27.8 Å². The third kappa shape index (κ3) is 4.14.